The van der Waals surface area contributed by atoms with Crippen molar-refractivity contribution in [2.45, 2.75) is 25.8 Å². The molecule has 104 valence electrons. The van der Waals surface area contributed by atoms with E-state index in [2.05, 4.69) is 4.90 Å². The molecule has 0 aliphatic carbocycles. The zero-order chi connectivity index (χ0) is 13.7. The van der Waals surface area contributed by atoms with Crippen molar-refractivity contribution >= 4 is 17.5 Å². The number of hydrogen-bond donors (Lipinski definition) is 0. The summed E-state index contributed by atoms with van der Waals surface area (Å²) in [6.07, 6.45) is 3.55. The van der Waals surface area contributed by atoms with E-state index in [0.29, 0.717) is 6.54 Å². The molecule has 3 nitrogen and oxygen atoms in total. The van der Waals surface area contributed by atoms with Gasteiger partial charge in [-0.2, -0.15) is 0 Å². The summed E-state index contributed by atoms with van der Waals surface area (Å²) < 4.78 is 0. The number of carbonyl (C=O) groups excluding carboxylic acids is 1. The van der Waals surface area contributed by atoms with Crippen LogP contribution < -0.4 is 0 Å². The van der Waals surface area contributed by atoms with Crippen LogP contribution in [-0.2, 0) is 11.3 Å². The highest BCUT2D eigenvalue weighted by atomic mass is 35.5. The number of nitrogens with zero attached hydrogens (tertiary/aromatic N) is 2. The van der Waals surface area contributed by atoms with Crippen LogP contribution in [0.3, 0.4) is 0 Å². The highest BCUT2D eigenvalue weighted by Gasteiger charge is 2.17. The molecule has 1 aromatic carbocycles. The van der Waals surface area contributed by atoms with Crippen LogP contribution in [-0.4, -0.2) is 42.4 Å². The van der Waals surface area contributed by atoms with Crippen molar-refractivity contribution < 1.29 is 4.79 Å². The van der Waals surface area contributed by atoms with Crippen LogP contribution in [0.1, 0.15) is 24.8 Å². The van der Waals surface area contributed by atoms with Gasteiger partial charge in [-0.05, 0) is 44.0 Å². The van der Waals surface area contributed by atoms with Crippen molar-refractivity contribution in [1.29, 1.82) is 0 Å². The molecule has 0 bridgehead atoms. The predicted octanol–water partition coefficient (Wildman–Crippen LogP) is 2.78. The van der Waals surface area contributed by atoms with Crippen molar-refractivity contribution in [2.24, 2.45) is 0 Å². The fourth-order valence-corrected chi connectivity index (χ4v) is 2.56. The molecule has 19 heavy (non-hydrogen) atoms. The lowest BCUT2D eigenvalue weighted by Crippen LogP contribution is -2.41. The highest BCUT2D eigenvalue weighted by Crippen LogP contribution is 2.12. The molecular formula is C15H21ClN2O. The van der Waals surface area contributed by atoms with E-state index in [1.807, 2.05) is 36.2 Å². The van der Waals surface area contributed by atoms with E-state index in [1.54, 1.807) is 0 Å². The number of halogens is 1. The number of amides is 1. The van der Waals surface area contributed by atoms with Gasteiger partial charge in [-0.3, -0.25) is 9.69 Å². The Morgan fingerprint density at radius 1 is 1.21 bits per heavy atom. The van der Waals surface area contributed by atoms with Gasteiger partial charge in [0.05, 0.1) is 6.54 Å². The van der Waals surface area contributed by atoms with Gasteiger partial charge in [0.2, 0.25) is 5.91 Å². The summed E-state index contributed by atoms with van der Waals surface area (Å²) in [5, 5.41) is 0.746. The first-order chi connectivity index (χ1) is 9.15. The molecule has 0 saturated carbocycles. The normalized spacial score (nSPS) is 15.8. The molecular weight excluding hydrogens is 260 g/mol. The molecule has 1 amide bonds. The van der Waals surface area contributed by atoms with Crippen molar-refractivity contribution in [2.75, 3.05) is 26.7 Å². The van der Waals surface area contributed by atoms with Gasteiger partial charge in [-0.15, -0.1) is 0 Å². The summed E-state index contributed by atoms with van der Waals surface area (Å²) in [6.45, 7) is 3.11. The topological polar surface area (TPSA) is 23.6 Å². The van der Waals surface area contributed by atoms with Gasteiger partial charge in [0, 0.05) is 24.7 Å². The van der Waals surface area contributed by atoms with Crippen LogP contribution in [0.2, 0.25) is 5.02 Å². The number of piperidine rings is 1. The Hall–Kier alpha value is -1.06. The van der Waals surface area contributed by atoms with E-state index in [1.165, 1.54) is 12.0 Å². The first-order valence-corrected chi connectivity index (χ1v) is 7.24. The smallest absolute Gasteiger partial charge is 0.236 e. The average Bonchev–Trinajstić information content (AvgIpc) is 2.42. The van der Waals surface area contributed by atoms with Crippen LogP contribution in [0.15, 0.2) is 24.3 Å². The van der Waals surface area contributed by atoms with Crippen LogP contribution in [0, 0.1) is 0 Å². The van der Waals surface area contributed by atoms with Crippen LogP contribution in [0.5, 0.6) is 0 Å². The molecule has 0 radical (unpaired) electrons. The molecule has 4 heteroatoms. The highest BCUT2D eigenvalue weighted by molar-refractivity contribution is 6.30. The molecule has 2 rings (SSSR count). The van der Waals surface area contributed by atoms with E-state index < -0.39 is 0 Å². The van der Waals surface area contributed by atoms with E-state index in [0.717, 1.165) is 37.5 Å². The van der Waals surface area contributed by atoms with Gasteiger partial charge >= 0.3 is 0 Å². The lowest BCUT2D eigenvalue weighted by molar-refractivity contribution is -0.133. The first kappa shape index (κ1) is 14.4. The number of hydrogen-bond acceptors (Lipinski definition) is 2. The van der Waals surface area contributed by atoms with E-state index >= 15 is 0 Å². The number of rotatable bonds is 4. The van der Waals surface area contributed by atoms with Gasteiger partial charge in [-0.1, -0.05) is 23.7 Å². The van der Waals surface area contributed by atoms with Gasteiger partial charge in [0.25, 0.3) is 0 Å². The zero-order valence-corrected chi connectivity index (χ0v) is 12.2. The summed E-state index contributed by atoms with van der Waals surface area (Å²) in [6, 6.07) is 7.78. The first-order valence-electron chi connectivity index (χ1n) is 6.86. The van der Waals surface area contributed by atoms with Crippen molar-refractivity contribution in [1.82, 2.24) is 9.80 Å². The number of carbonyl (C=O) groups is 1. The zero-order valence-electron chi connectivity index (χ0n) is 11.4. The number of likely N-dealkylation sites (N-methyl/N-ethyl adjacent to an activating group) is 1. The quantitative estimate of drug-likeness (QED) is 0.847. The molecule has 1 aliphatic rings. The largest absolute Gasteiger partial charge is 0.342 e. The maximum atomic E-state index is 12.1. The Balaban J connectivity index is 1.81. The fourth-order valence-electron chi connectivity index (χ4n) is 2.43. The third-order valence-electron chi connectivity index (χ3n) is 3.48. The fraction of sp³-hybridized carbons (Fsp3) is 0.533. The molecule has 0 aromatic heterocycles. The Morgan fingerprint density at radius 2 is 1.84 bits per heavy atom. The summed E-state index contributed by atoms with van der Waals surface area (Å²) in [5.74, 6) is 0.246. The minimum Gasteiger partial charge on any atom is -0.342 e. The van der Waals surface area contributed by atoms with E-state index in [4.69, 9.17) is 11.6 Å². The molecule has 1 saturated heterocycles. The predicted molar refractivity (Wildman–Crippen MR) is 78.2 cm³/mol. The molecule has 1 fully saturated rings. The molecule has 1 aromatic rings. The van der Waals surface area contributed by atoms with Crippen molar-refractivity contribution in [3.63, 3.8) is 0 Å². The van der Waals surface area contributed by atoms with Gasteiger partial charge in [-0.25, -0.2) is 0 Å². The molecule has 1 aliphatic heterocycles. The van der Waals surface area contributed by atoms with E-state index in [9.17, 15) is 4.79 Å². The second-order valence-electron chi connectivity index (χ2n) is 5.24. The SMILES string of the molecule is CN(CC(=O)N1CCCCC1)Cc1ccc(Cl)cc1. The Kier molecular flexibility index (Phi) is 5.23. The second kappa shape index (κ2) is 6.92. The maximum absolute atomic E-state index is 12.1. The number of benzene rings is 1. The van der Waals surface area contributed by atoms with Crippen molar-refractivity contribution in [3.05, 3.63) is 34.9 Å². The molecule has 0 N–H and O–H groups in total. The summed E-state index contributed by atoms with van der Waals surface area (Å²) in [5.41, 5.74) is 1.18. The van der Waals surface area contributed by atoms with Crippen LogP contribution in [0.4, 0.5) is 0 Å². The van der Waals surface area contributed by atoms with Gasteiger partial charge in [0.1, 0.15) is 0 Å². The van der Waals surface area contributed by atoms with Gasteiger partial charge < -0.3 is 4.90 Å². The molecule has 0 atom stereocenters. The minimum absolute atomic E-state index is 0.246. The second-order valence-corrected chi connectivity index (χ2v) is 5.68. The van der Waals surface area contributed by atoms with Gasteiger partial charge in [0.15, 0.2) is 0 Å². The minimum atomic E-state index is 0.246. The Labute approximate surface area is 120 Å². The summed E-state index contributed by atoms with van der Waals surface area (Å²) in [4.78, 5) is 16.2. The maximum Gasteiger partial charge on any atom is 0.236 e. The van der Waals surface area contributed by atoms with Crippen LogP contribution >= 0.6 is 11.6 Å². The van der Waals surface area contributed by atoms with Crippen molar-refractivity contribution in [3.8, 4) is 0 Å². The lowest BCUT2D eigenvalue weighted by Gasteiger charge is -2.28. The Morgan fingerprint density at radius 3 is 2.47 bits per heavy atom. The average molecular weight is 281 g/mol. The monoisotopic (exact) mass is 280 g/mol. The standard InChI is InChI=1S/C15H21ClN2O/c1-17(11-13-5-7-14(16)8-6-13)12-15(19)18-9-3-2-4-10-18/h5-8H,2-4,9-12H2,1H3. The van der Waals surface area contributed by atoms with Crippen LogP contribution in [0.25, 0.3) is 0 Å². The molecule has 0 spiro atoms. The Bertz CT molecular complexity index is 413. The molecule has 1 heterocycles. The summed E-state index contributed by atoms with van der Waals surface area (Å²) >= 11 is 5.86. The summed E-state index contributed by atoms with van der Waals surface area (Å²) in [7, 11) is 1.98. The lowest BCUT2D eigenvalue weighted by atomic mass is 10.1. The van der Waals surface area contributed by atoms with E-state index in [-0.39, 0.29) is 5.91 Å². The third kappa shape index (κ3) is 4.51. The third-order valence-corrected chi connectivity index (χ3v) is 3.73. The molecule has 0 unspecified atom stereocenters. The number of likely N-dealkylation sites (tertiary alicyclic amines) is 1.